The second-order valence-electron chi connectivity index (χ2n) is 7.10. The SMILES string of the molecule is CNC(=O)c1cc(Oc2ccc3c(c2)CN(C(=O)Nc2cccc(Br)c2)CC3)ccn1. The van der Waals surface area contributed by atoms with Gasteiger partial charge in [-0.25, -0.2) is 4.79 Å². The zero-order chi connectivity index (χ0) is 21.8. The largest absolute Gasteiger partial charge is 0.457 e. The van der Waals surface area contributed by atoms with E-state index in [1.165, 1.54) is 11.8 Å². The molecule has 0 radical (unpaired) electrons. The van der Waals surface area contributed by atoms with Crippen molar-refractivity contribution in [2.24, 2.45) is 0 Å². The predicted octanol–water partition coefficient (Wildman–Crippen LogP) is 4.59. The number of hydrogen-bond acceptors (Lipinski definition) is 4. The Morgan fingerprint density at radius 1 is 1.06 bits per heavy atom. The van der Waals surface area contributed by atoms with Crippen LogP contribution in [0.3, 0.4) is 0 Å². The number of ether oxygens (including phenoxy) is 1. The molecular weight excluding hydrogens is 460 g/mol. The number of pyridine rings is 1. The summed E-state index contributed by atoms with van der Waals surface area (Å²) >= 11 is 3.42. The first-order chi connectivity index (χ1) is 15.0. The fraction of sp³-hybridized carbons (Fsp3) is 0.174. The fourth-order valence-corrected chi connectivity index (χ4v) is 3.80. The molecule has 0 atom stereocenters. The molecule has 7 nitrogen and oxygen atoms in total. The van der Waals surface area contributed by atoms with Crippen molar-refractivity contribution < 1.29 is 14.3 Å². The molecule has 2 heterocycles. The number of halogens is 1. The first-order valence-corrected chi connectivity index (χ1v) is 10.6. The Kier molecular flexibility index (Phi) is 6.18. The Hall–Kier alpha value is -3.39. The maximum Gasteiger partial charge on any atom is 0.322 e. The van der Waals surface area contributed by atoms with E-state index in [4.69, 9.17) is 4.74 Å². The number of anilines is 1. The van der Waals surface area contributed by atoms with Gasteiger partial charge in [-0.2, -0.15) is 0 Å². The average molecular weight is 481 g/mol. The highest BCUT2D eigenvalue weighted by atomic mass is 79.9. The van der Waals surface area contributed by atoms with Gasteiger partial charge in [0.1, 0.15) is 17.2 Å². The summed E-state index contributed by atoms with van der Waals surface area (Å²) in [6, 6.07) is 16.5. The summed E-state index contributed by atoms with van der Waals surface area (Å²) in [7, 11) is 1.56. The third-order valence-corrected chi connectivity index (χ3v) is 5.47. The fourth-order valence-electron chi connectivity index (χ4n) is 3.40. The van der Waals surface area contributed by atoms with Crippen molar-refractivity contribution in [2.75, 3.05) is 18.9 Å². The topological polar surface area (TPSA) is 83.6 Å². The molecule has 3 amide bonds. The summed E-state index contributed by atoms with van der Waals surface area (Å²) in [5, 5.41) is 5.49. The second kappa shape index (κ2) is 9.18. The summed E-state index contributed by atoms with van der Waals surface area (Å²) in [6.07, 6.45) is 2.31. The standard InChI is InChI=1S/C23H21BrN4O3/c1-25-22(29)21-13-20(7-9-26-21)31-19-6-5-15-8-10-28(14-16(15)11-19)23(30)27-18-4-2-3-17(24)12-18/h2-7,9,11-13H,8,10,14H2,1H3,(H,25,29)(H,27,30). The van der Waals surface area contributed by atoms with Gasteiger partial charge in [0.2, 0.25) is 0 Å². The van der Waals surface area contributed by atoms with Gasteiger partial charge in [0.05, 0.1) is 0 Å². The van der Waals surface area contributed by atoms with Crippen LogP contribution in [0.15, 0.2) is 65.3 Å². The van der Waals surface area contributed by atoms with E-state index in [0.717, 1.165) is 22.1 Å². The quantitative estimate of drug-likeness (QED) is 0.571. The number of urea groups is 1. The molecule has 0 unspecified atom stereocenters. The number of aromatic nitrogens is 1. The van der Waals surface area contributed by atoms with Gasteiger partial charge in [-0.3, -0.25) is 9.78 Å². The Bertz CT molecular complexity index is 1140. The van der Waals surface area contributed by atoms with Crippen LogP contribution in [0.25, 0.3) is 0 Å². The highest BCUT2D eigenvalue weighted by Crippen LogP contribution is 2.28. The van der Waals surface area contributed by atoms with Gasteiger partial charge in [-0.15, -0.1) is 0 Å². The molecule has 8 heteroatoms. The molecule has 0 fully saturated rings. The van der Waals surface area contributed by atoms with Crippen LogP contribution in [0.5, 0.6) is 11.5 Å². The number of carbonyl (C=O) groups excluding carboxylic acids is 2. The Morgan fingerprint density at radius 2 is 1.90 bits per heavy atom. The molecule has 0 aliphatic carbocycles. The van der Waals surface area contributed by atoms with Crippen molar-refractivity contribution in [1.82, 2.24) is 15.2 Å². The van der Waals surface area contributed by atoms with Crippen LogP contribution in [0.4, 0.5) is 10.5 Å². The highest BCUT2D eigenvalue weighted by Gasteiger charge is 2.21. The van der Waals surface area contributed by atoms with Crippen molar-refractivity contribution in [1.29, 1.82) is 0 Å². The minimum Gasteiger partial charge on any atom is -0.457 e. The summed E-state index contributed by atoms with van der Waals surface area (Å²) in [5.74, 6) is 0.888. The molecule has 0 bridgehead atoms. The Labute approximate surface area is 188 Å². The Balaban J connectivity index is 1.46. The first kappa shape index (κ1) is 20.9. The van der Waals surface area contributed by atoms with E-state index < -0.39 is 0 Å². The maximum atomic E-state index is 12.7. The number of hydrogen-bond donors (Lipinski definition) is 2. The Morgan fingerprint density at radius 3 is 2.71 bits per heavy atom. The zero-order valence-corrected chi connectivity index (χ0v) is 18.5. The number of rotatable bonds is 4. The lowest BCUT2D eigenvalue weighted by Gasteiger charge is -2.29. The van der Waals surface area contributed by atoms with E-state index in [-0.39, 0.29) is 17.6 Å². The first-order valence-electron chi connectivity index (χ1n) is 9.81. The highest BCUT2D eigenvalue weighted by molar-refractivity contribution is 9.10. The van der Waals surface area contributed by atoms with Crippen molar-refractivity contribution in [3.8, 4) is 11.5 Å². The third kappa shape index (κ3) is 5.03. The molecule has 31 heavy (non-hydrogen) atoms. The van der Waals surface area contributed by atoms with Gasteiger partial charge < -0.3 is 20.3 Å². The van der Waals surface area contributed by atoms with E-state index >= 15 is 0 Å². The van der Waals surface area contributed by atoms with Crippen LogP contribution >= 0.6 is 15.9 Å². The summed E-state index contributed by atoms with van der Waals surface area (Å²) in [4.78, 5) is 30.3. The summed E-state index contributed by atoms with van der Waals surface area (Å²) in [5.41, 5.74) is 3.26. The monoisotopic (exact) mass is 480 g/mol. The van der Waals surface area contributed by atoms with Gasteiger partial charge in [0.15, 0.2) is 0 Å². The third-order valence-electron chi connectivity index (χ3n) is 4.98. The predicted molar refractivity (Wildman–Crippen MR) is 121 cm³/mol. The normalized spacial score (nSPS) is 12.6. The molecule has 3 aromatic rings. The molecule has 0 saturated carbocycles. The molecule has 0 spiro atoms. The van der Waals surface area contributed by atoms with E-state index in [0.29, 0.717) is 24.6 Å². The van der Waals surface area contributed by atoms with Gasteiger partial charge in [-0.1, -0.05) is 28.1 Å². The van der Waals surface area contributed by atoms with E-state index in [1.807, 2.05) is 42.5 Å². The molecular formula is C23H21BrN4O3. The minimum absolute atomic E-state index is 0.139. The van der Waals surface area contributed by atoms with Crippen LogP contribution in [-0.4, -0.2) is 35.4 Å². The second-order valence-corrected chi connectivity index (χ2v) is 8.02. The van der Waals surface area contributed by atoms with E-state index in [9.17, 15) is 9.59 Å². The number of fused-ring (bicyclic) bond motifs is 1. The molecule has 158 valence electrons. The molecule has 2 aromatic carbocycles. The minimum atomic E-state index is -0.275. The van der Waals surface area contributed by atoms with Crippen LogP contribution in [0.2, 0.25) is 0 Å². The molecule has 1 aliphatic heterocycles. The van der Waals surface area contributed by atoms with Crippen LogP contribution in [-0.2, 0) is 13.0 Å². The molecule has 1 aliphatic rings. The number of benzene rings is 2. The smallest absolute Gasteiger partial charge is 0.322 e. The van der Waals surface area contributed by atoms with E-state index in [1.54, 1.807) is 24.1 Å². The summed E-state index contributed by atoms with van der Waals surface area (Å²) < 4.78 is 6.85. The number of amides is 3. The zero-order valence-electron chi connectivity index (χ0n) is 16.9. The molecule has 1 aromatic heterocycles. The number of carbonyl (C=O) groups is 2. The lowest BCUT2D eigenvalue weighted by atomic mass is 10.00. The van der Waals surface area contributed by atoms with Crippen molar-refractivity contribution in [3.63, 3.8) is 0 Å². The van der Waals surface area contributed by atoms with E-state index in [2.05, 4.69) is 31.5 Å². The summed E-state index contributed by atoms with van der Waals surface area (Å²) in [6.45, 7) is 1.14. The van der Waals surface area contributed by atoms with Crippen LogP contribution in [0, 0.1) is 0 Å². The van der Waals surface area contributed by atoms with Gasteiger partial charge >= 0.3 is 6.03 Å². The lowest BCUT2D eigenvalue weighted by molar-refractivity contribution is 0.0958. The van der Waals surface area contributed by atoms with Crippen molar-refractivity contribution in [3.05, 3.63) is 82.1 Å². The van der Waals surface area contributed by atoms with Gasteiger partial charge in [-0.05, 0) is 53.9 Å². The molecule has 0 saturated heterocycles. The van der Waals surface area contributed by atoms with Crippen LogP contribution in [0.1, 0.15) is 21.6 Å². The van der Waals surface area contributed by atoms with Gasteiger partial charge in [0, 0.05) is 42.6 Å². The van der Waals surface area contributed by atoms with Gasteiger partial charge in [0.25, 0.3) is 5.91 Å². The number of nitrogens with one attached hydrogen (secondary N) is 2. The molecule has 2 N–H and O–H groups in total. The molecule has 4 rings (SSSR count). The number of nitrogens with zero attached hydrogens (tertiary/aromatic N) is 2. The average Bonchev–Trinajstić information content (AvgIpc) is 2.78. The lowest BCUT2D eigenvalue weighted by Crippen LogP contribution is -2.38. The van der Waals surface area contributed by atoms with Crippen LogP contribution < -0.4 is 15.4 Å². The maximum absolute atomic E-state index is 12.7. The van der Waals surface area contributed by atoms with Crippen molar-refractivity contribution in [2.45, 2.75) is 13.0 Å². The van der Waals surface area contributed by atoms with Crippen molar-refractivity contribution >= 4 is 33.6 Å².